The number of hydrogen-bond acceptors (Lipinski definition) is 0. The number of halogens is 2. The minimum atomic E-state index is -1.92. The molecule has 68 heavy (non-hydrogen) atoms. The first kappa shape index (κ1) is 48.7. The van der Waals surface area contributed by atoms with E-state index in [2.05, 4.69) is 273 Å². The lowest BCUT2D eigenvalue weighted by Gasteiger charge is -2.39. The first-order valence-corrected chi connectivity index (χ1v) is 32.7. The fourth-order valence-corrected chi connectivity index (χ4v) is 24.1. The average Bonchev–Trinajstić information content (AvgIpc) is 4.02. The average molecular weight is 1060 g/mol. The monoisotopic (exact) mass is 1050 g/mol. The highest BCUT2D eigenvalue weighted by Crippen LogP contribution is 2.56. The molecule has 0 amide bonds. The van der Waals surface area contributed by atoms with Crippen LogP contribution in [0.3, 0.4) is 0 Å². The van der Waals surface area contributed by atoms with Gasteiger partial charge in [-0.25, -0.2) is 0 Å². The van der Waals surface area contributed by atoms with E-state index in [9.17, 15) is 0 Å². The third-order valence-corrected chi connectivity index (χ3v) is 26.5. The van der Waals surface area contributed by atoms with E-state index in [4.69, 9.17) is 0 Å². The maximum atomic E-state index is 3.75. The Bertz CT molecular complexity index is 2880. The second-order valence-electron chi connectivity index (χ2n) is 23.7. The quantitative estimate of drug-likeness (QED) is 0.146. The maximum Gasteiger partial charge on any atom is 0.0722 e. The molecule has 6 aromatic carbocycles. The summed E-state index contributed by atoms with van der Waals surface area (Å²) in [6.45, 7) is 33.5. The molecular weight excluding hydrogens is 985 g/mol. The van der Waals surface area contributed by atoms with Crippen LogP contribution in [0.4, 0.5) is 0 Å². The summed E-state index contributed by atoms with van der Waals surface area (Å²) in [7, 11) is -3.61. The zero-order valence-corrected chi connectivity index (χ0v) is 48.1. The van der Waals surface area contributed by atoms with E-state index in [1.807, 2.05) is 0 Å². The predicted molar refractivity (Wildman–Crippen MR) is 310 cm³/mol. The molecule has 4 atom stereocenters. The molecule has 0 bridgehead atoms. The van der Waals surface area contributed by atoms with Crippen LogP contribution in [-0.4, -0.2) is 16.1 Å². The number of rotatable bonds is 6. The van der Waals surface area contributed by atoms with E-state index in [-0.39, 0.29) is 10.8 Å². The van der Waals surface area contributed by atoms with Crippen molar-refractivity contribution in [2.24, 2.45) is 0 Å². The molecule has 10 rings (SSSR count). The van der Waals surface area contributed by atoms with E-state index in [1.165, 1.54) is 109 Å². The van der Waals surface area contributed by atoms with Crippen LogP contribution in [0.15, 0.2) is 153 Å². The zero-order chi connectivity index (χ0) is 48.8. The molecule has 4 unspecified atom stereocenters. The summed E-state index contributed by atoms with van der Waals surface area (Å²) < 4.78 is 2.44. The number of hydrogen-bond donors (Lipinski definition) is 0. The third-order valence-electron chi connectivity index (χ3n) is 16.1. The predicted octanol–water partition coefficient (Wildman–Crippen LogP) is 19.8. The van der Waals surface area contributed by atoms with Crippen LogP contribution in [0.25, 0.3) is 46.6 Å². The normalized spacial score (nSPS) is 19.5. The molecular formula is C64H70Br2Si2. The summed E-state index contributed by atoms with van der Waals surface area (Å²) in [6.07, 6.45) is 9.80. The molecule has 0 radical (unpaired) electrons. The molecule has 0 spiro atoms. The Morgan fingerprint density at radius 2 is 0.618 bits per heavy atom. The lowest BCUT2D eigenvalue weighted by molar-refractivity contribution is 0.590. The van der Waals surface area contributed by atoms with Crippen LogP contribution in [-0.2, 0) is 10.8 Å². The smallest absolute Gasteiger partial charge is 0.0679 e. The summed E-state index contributed by atoms with van der Waals surface area (Å²) in [6, 6.07) is 46.0. The largest absolute Gasteiger partial charge is 0.0722 e. The Balaban J connectivity index is 0.000000195. The molecule has 0 saturated carbocycles. The Kier molecular flexibility index (Phi) is 12.8. The summed E-state index contributed by atoms with van der Waals surface area (Å²) in [5.74, 6) is 0. The van der Waals surface area contributed by atoms with Crippen molar-refractivity contribution in [3.63, 3.8) is 0 Å². The van der Waals surface area contributed by atoms with Crippen LogP contribution in [0.1, 0.15) is 147 Å². The van der Waals surface area contributed by atoms with Crippen molar-refractivity contribution in [2.45, 2.75) is 128 Å². The molecule has 0 fully saturated rings. The SMILES string of the molecule is CC1=Cc2c(-c3ccc(C(C)(C)C)cc3)cccc2C1[Si](C)(C)C1C(C)=Cc2c(-c3ccc(C(C)(C)C)cc3)cccc21.CC1=Cc2c(Br)cccc2C1[Si](C)(C)C1C(C)=Cc2c(Br)cccc21. The zero-order valence-electron chi connectivity index (χ0n) is 42.9. The minimum absolute atomic E-state index is 0.160. The minimum Gasteiger partial charge on any atom is -0.0679 e. The van der Waals surface area contributed by atoms with Gasteiger partial charge in [0.15, 0.2) is 0 Å². The Labute approximate surface area is 428 Å². The number of fused-ring (bicyclic) bond motifs is 4. The molecule has 4 heteroatoms. The van der Waals surface area contributed by atoms with E-state index in [0.29, 0.717) is 22.2 Å². The van der Waals surface area contributed by atoms with Crippen LogP contribution in [0.5, 0.6) is 0 Å². The van der Waals surface area contributed by atoms with E-state index >= 15 is 0 Å². The van der Waals surface area contributed by atoms with Gasteiger partial charge in [-0.2, -0.15) is 0 Å². The number of allylic oxidation sites excluding steroid dienone is 4. The molecule has 0 saturated heterocycles. The fourth-order valence-electron chi connectivity index (χ4n) is 13.2. The van der Waals surface area contributed by atoms with Crippen molar-refractivity contribution < 1.29 is 0 Å². The summed E-state index contributed by atoms with van der Waals surface area (Å²) >= 11 is 7.51. The van der Waals surface area contributed by atoms with Gasteiger partial charge >= 0.3 is 0 Å². The maximum absolute atomic E-state index is 3.75. The van der Waals surface area contributed by atoms with Crippen LogP contribution < -0.4 is 0 Å². The van der Waals surface area contributed by atoms with Gasteiger partial charge in [-0.05, 0) is 129 Å². The topological polar surface area (TPSA) is 0 Å². The van der Waals surface area contributed by atoms with Gasteiger partial charge in [-0.3, -0.25) is 0 Å². The highest BCUT2D eigenvalue weighted by molar-refractivity contribution is 9.10. The first-order chi connectivity index (χ1) is 32.0. The van der Waals surface area contributed by atoms with Gasteiger partial charge in [0.2, 0.25) is 0 Å². The van der Waals surface area contributed by atoms with Crippen molar-refractivity contribution in [1.82, 2.24) is 0 Å². The van der Waals surface area contributed by atoms with Crippen LogP contribution in [0, 0.1) is 0 Å². The lowest BCUT2D eigenvalue weighted by atomic mass is 9.86. The van der Waals surface area contributed by atoms with Gasteiger partial charge in [-0.15, -0.1) is 0 Å². The second-order valence-corrected chi connectivity index (χ2v) is 35.0. The van der Waals surface area contributed by atoms with Gasteiger partial charge in [0, 0.05) is 31.1 Å². The standard InChI is InChI=1S/C42H48Si.C22H22Br2Si/c1-27-25-37-33(29-17-21-31(22-18-29)41(3,4)5)13-11-15-35(37)39(27)43(9,10)40-28(2)26-38-34(14-12-16-36(38)40)30-19-23-32(24-20-30)42(6,7)8;1-13-11-17-15(7-5-9-19(17)23)21(13)25(3,4)22-14(2)12-18-16(22)8-6-10-20(18)24/h11-26,39-40H,1-10H3;5-12,21-22H,1-4H3. The van der Waals surface area contributed by atoms with E-state index in [0.717, 1.165) is 0 Å². The molecule has 0 aliphatic heterocycles. The van der Waals surface area contributed by atoms with Gasteiger partial charge in [-0.1, -0.05) is 255 Å². The van der Waals surface area contributed by atoms with Crippen molar-refractivity contribution >= 4 is 72.3 Å². The van der Waals surface area contributed by atoms with Crippen molar-refractivity contribution in [1.29, 1.82) is 0 Å². The molecule has 0 N–H and O–H groups in total. The highest BCUT2D eigenvalue weighted by atomic mass is 79.9. The summed E-state index contributed by atoms with van der Waals surface area (Å²) in [5.41, 5.74) is 28.4. The van der Waals surface area contributed by atoms with Gasteiger partial charge in [0.05, 0.1) is 16.1 Å². The summed E-state index contributed by atoms with van der Waals surface area (Å²) in [5, 5.41) is 0. The Morgan fingerprint density at radius 3 is 0.912 bits per heavy atom. The second kappa shape index (κ2) is 17.8. The first-order valence-electron chi connectivity index (χ1n) is 24.8. The molecule has 0 heterocycles. The molecule has 0 nitrogen and oxygen atoms in total. The highest BCUT2D eigenvalue weighted by Gasteiger charge is 2.48. The van der Waals surface area contributed by atoms with Crippen LogP contribution in [0.2, 0.25) is 26.2 Å². The van der Waals surface area contributed by atoms with Crippen molar-refractivity contribution in [3.8, 4) is 22.3 Å². The molecule has 6 aromatic rings. The lowest BCUT2D eigenvalue weighted by Crippen LogP contribution is -2.42. The van der Waals surface area contributed by atoms with Crippen molar-refractivity contribution in [2.75, 3.05) is 0 Å². The molecule has 348 valence electrons. The van der Waals surface area contributed by atoms with Gasteiger partial charge in [0.1, 0.15) is 0 Å². The van der Waals surface area contributed by atoms with E-state index in [1.54, 1.807) is 0 Å². The molecule has 4 aliphatic rings. The summed E-state index contributed by atoms with van der Waals surface area (Å²) in [4.78, 5) is 0. The van der Waals surface area contributed by atoms with Gasteiger partial charge in [0.25, 0.3) is 0 Å². The van der Waals surface area contributed by atoms with Gasteiger partial charge < -0.3 is 0 Å². The van der Waals surface area contributed by atoms with Crippen molar-refractivity contribution in [3.05, 3.63) is 208 Å². The molecule has 4 aliphatic carbocycles. The van der Waals surface area contributed by atoms with E-state index < -0.39 is 16.1 Å². The third kappa shape index (κ3) is 8.48. The molecule has 0 aromatic heterocycles. The Morgan fingerprint density at radius 1 is 0.353 bits per heavy atom. The fraction of sp³-hybridized carbons (Fsp3) is 0.312. The van der Waals surface area contributed by atoms with Crippen LogP contribution >= 0.6 is 31.9 Å². The Hall–Kier alpha value is -4.33. The number of benzene rings is 6.